The van der Waals surface area contributed by atoms with E-state index in [4.69, 9.17) is 0 Å². The zero-order valence-corrected chi connectivity index (χ0v) is 13.1. The minimum atomic E-state index is -3.61. The van der Waals surface area contributed by atoms with Crippen LogP contribution in [-0.4, -0.2) is 48.7 Å². The van der Waals surface area contributed by atoms with Crippen LogP contribution in [0.1, 0.15) is 25.3 Å². The first-order valence-electron chi connectivity index (χ1n) is 7.30. The van der Waals surface area contributed by atoms with Crippen LogP contribution in [0.3, 0.4) is 0 Å². The molecule has 0 radical (unpaired) electrons. The third-order valence-electron chi connectivity index (χ3n) is 4.47. The Morgan fingerprint density at radius 3 is 2.52 bits per heavy atom. The molecule has 2 aliphatic heterocycles. The van der Waals surface area contributed by atoms with Gasteiger partial charge < -0.3 is 4.90 Å². The lowest BCUT2D eigenvalue weighted by molar-refractivity contribution is -0.139. The molecule has 21 heavy (non-hydrogen) atoms. The SMILES string of the molecule is Cc1ccc(S(=O)(=O)N2C[C@@H]3CCCN3C(=O)[C@H]2C)cc1. The number of nitrogens with zero attached hydrogens (tertiary/aromatic N) is 2. The quantitative estimate of drug-likeness (QED) is 0.829. The van der Waals surface area contributed by atoms with Crippen molar-refractivity contribution in [1.29, 1.82) is 0 Å². The molecule has 1 aromatic carbocycles. The highest BCUT2D eigenvalue weighted by Gasteiger charge is 2.45. The molecule has 114 valence electrons. The molecular weight excluding hydrogens is 288 g/mol. The summed E-state index contributed by atoms with van der Waals surface area (Å²) in [5.74, 6) is -0.0700. The number of hydrogen-bond acceptors (Lipinski definition) is 3. The van der Waals surface area contributed by atoms with Gasteiger partial charge in [-0.15, -0.1) is 0 Å². The van der Waals surface area contributed by atoms with Crippen LogP contribution >= 0.6 is 0 Å². The third kappa shape index (κ3) is 2.36. The normalized spacial score (nSPS) is 27.0. The minimum absolute atomic E-state index is 0.0360. The molecule has 2 aliphatic rings. The summed E-state index contributed by atoms with van der Waals surface area (Å²) in [5.41, 5.74) is 1.01. The number of carbonyl (C=O) groups excluding carboxylic acids is 1. The summed E-state index contributed by atoms with van der Waals surface area (Å²) in [6.45, 7) is 4.76. The second-order valence-corrected chi connectivity index (χ2v) is 7.78. The summed E-state index contributed by atoms with van der Waals surface area (Å²) in [5, 5.41) is 0. The maximum absolute atomic E-state index is 12.8. The first kappa shape index (κ1) is 14.5. The molecule has 2 fully saturated rings. The predicted octanol–water partition coefficient (Wildman–Crippen LogP) is 1.38. The number of hydrogen-bond donors (Lipinski definition) is 0. The maximum atomic E-state index is 12.8. The Bertz CT molecular complexity index is 654. The van der Waals surface area contributed by atoms with E-state index >= 15 is 0 Å². The van der Waals surface area contributed by atoms with E-state index in [1.807, 2.05) is 11.8 Å². The van der Waals surface area contributed by atoms with Crippen LogP contribution in [-0.2, 0) is 14.8 Å². The lowest BCUT2D eigenvalue weighted by Crippen LogP contribution is -2.59. The molecule has 3 rings (SSSR count). The Balaban J connectivity index is 1.94. The van der Waals surface area contributed by atoms with E-state index in [1.165, 1.54) is 4.31 Å². The van der Waals surface area contributed by atoms with E-state index in [0.29, 0.717) is 6.54 Å². The Morgan fingerprint density at radius 2 is 1.86 bits per heavy atom. The summed E-state index contributed by atoms with van der Waals surface area (Å²) < 4.78 is 27.0. The number of fused-ring (bicyclic) bond motifs is 1. The number of amides is 1. The van der Waals surface area contributed by atoms with Gasteiger partial charge in [-0.2, -0.15) is 4.31 Å². The van der Waals surface area contributed by atoms with E-state index in [1.54, 1.807) is 31.2 Å². The van der Waals surface area contributed by atoms with Crippen molar-refractivity contribution in [3.63, 3.8) is 0 Å². The van der Waals surface area contributed by atoms with Gasteiger partial charge in [0.2, 0.25) is 15.9 Å². The second-order valence-electron chi connectivity index (χ2n) is 5.89. The van der Waals surface area contributed by atoms with Gasteiger partial charge in [0, 0.05) is 19.1 Å². The van der Waals surface area contributed by atoms with Crippen molar-refractivity contribution in [2.45, 2.75) is 43.7 Å². The highest BCUT2D eigenvalue weighted by atomic mass is 32.2. The van der Waals surface area contributed by atoms with Gasteiger partial charge in [0.15, 0.2) is 0 Å². The fourth-order valence-electron chi connectivity index (χ4n) is 3.20. The number of benzene rings is 1. The van der Waals surface area contributed by atoms with Gasteiger partial charge in [0.05, 0.1) is 4.90 Å². The van der Waals surface area contributed by atoms with Crippen molar-refractivity contribution >= 4 is 15.9 Å². The average Bonchev–Trinajstić information content (AvgIpc) is 2.91. The molecule has 0 spiro atoms. The first-order valence-corrected chi connectivity index (χ1v) is 8.74. The highest BCUT2D eigenvalue weighted by molar-refractivity contribution is 7.89. The van der Waals surface area contributed by atoms with Crippen molar-refractivity contribution in [3.05, 3.63) is 29.8 Å². The van der Waals surface area contributed by atoms with Crippen LogP contribution in [0.5, 0.6) is 0 Å². The highest BCUT2D eigenvalue weighted by Crippen LogP contribution is 2.29. The van der Waals surface area contributed by atoms with E-state index in [9.17, 15) is 13.2 Å². The molecule has 1 amide bonds. The number of sulfonamides is 1. The van der Waals surface area contributed by atoms with Gasteiger partial charge in [-0.25, -0.2) is 8.42 Å². The van der Waals surface area contributed by atoms with Crippen molar-refractivity contribution in [2.75, 3.05) is 13.1 Å². The predicted molar refractivity (Wildman–Crippen MR) is 79.3 cm³/mol. The topological polar surface area (TPSA) is 57.7 Å². The van der Waals surface area contributed by atoms with Crippen molar-refractivity contribution in [1.82, 2.24) is 9.21 Å². The van der Waals surface area contributed by atoms with Crippen LogP contribution in [0.2, 0.25) is 0 Å². The van der Waals surface area contributed by atoms with Crippen LogP contribution in [0.25, 0.3) is 0 Å². The molecule has 5 nitrogen and oxygen atoms in total. The van der Waals surface area contributed by atoms with E-state index < -0.39 is 16.1 Å². The third-order valence-corrected chi connectivity index (χ3v) is 6.42. The molecule has 0 aromatic heterocycles. The molecule has 2 heterocycles. The van der Waals surface area contributed by atoms with Gasteiger partial charge in [0.25, 0.3) is 0 Å². The molecule has 1 aromatic rings. The zero-order valence-electron chi connectivity index (χ0n) is 12.3. The largest absolute Gasteiger partial charge is 0.337 e. The Morgan fingerprint density at radius 1 is 1.19 bits per heavy atom. The smallest absolute Gasteiger partial charge is 0.243 e. The second kappa shape index (κ2) is 5.10. The summed E-state index contributed by atoms with van der Waals surface area (Å²) in [6, 6.07) is 6.21. The monoisotopic (exact) mass is 308 g/mol. The van der Waals surface area contributed by atoms with Gasteiger partial charge in [0.1, 0.15) is 6.04 Å². The lowest BCUT2D eigenvalue weighted by atomic mass is 10.1. The summed E-state index contributed by atoms with van der Waals surface area (Å²) in [4.78, 5) is 14.5. The van der Waals surface area contributed by atoms with Gasteiger partial charge in [-0.1, -0.05) is 17.7 Å². The van der Waals surface area contributed by atoms with Crippen LogP contribution in [0, 0.1) is 6.92 Å². The van der Waals surface area contributed by atoms with E-state index in [2.05, 4.69) is 0 Å². The molecule has 0 bridgehead atoms. The molecule has 0 N–H and O–H groups in total. The first-order chi connectivity index (χ1) is 9.91. The fraction of sp³-hybridized carbons (Fsp3) is 0.533. The van der Waals surface area contributed by atoms with Crippen molar-refractivity contribution < 1.29 is 13.2 Å². The zero-order chi connectivity index (χ0) is 15.2. The number of rotatable bonds is 2. The standard InChI is InChI=1S/C15H20N2O3S/c1-11-5-7-14(8-6-11)21(19,20)17-10-13-4-3-9-16(13)15(18)12(17)2/h5-8,12-13H,3-4,9-10H2,1-2H3/t12-,13+/m1/s1. The minimum Gasteiger partial charge on any atom is -0.337 e. The van der Waals surface area contributed by atoms with Crippen molar-refractivity contribution in [2.24, 2.45) is 0 Å². The number of piperazine rings is 1. The molecule has 0 unspecified atom stereocenters. The number of carbonyl (C=O) groups is 1. The van der Waals surface area contributed by atoms with Gasteiger partial charge in [-0.05, 0) is 38.8 Å². The molecule has 6 heteroatoms. The lowest BCUT2D eigenvalue weighted by Gasteiger charge is -2.40. The van der Waals surface area contributed by atoms with E-state index in [0.717, 1.165) is 24.9 Å². The van der Waals surface area contributed by atoms with E-state index in [-0.39, 0.29) is 16.8 Å². The molecule has 2 saturated heterocycles. The molecular formula is C15H20N2O3S. The summed E-state index contributed by atoms with van der Waals surface area (Å²) >= 11 is 0. The summed E-state index contributed by atoms with van der Waals surface area (Å²) in [6.07, 6.45) is 1.85. The number of aryl methyl sites for hydroxylation is 1. The van der Waals surface area contributed by atoms with Crippen LogP contribution < -0.4 is 0 Å². The van der Waals surface area contributed by atoms with Crippen LogP contribution in [0.4, 0.5) is 0 Å². The molecule has 0 saturated carbocycles. The van der Waals surface area contributed by atoms with Gasteiger partial charge in [-0.3, -0.25) is 4.79 Å². The fourth-order valence-corrected chi connectivity index (χ4v) is 4.82. The van der Waals surface area contributed by atoms with Crippen LogP contribution in [0.15, 0.2) is 29.2 Å². The molecule has 0 aliphatic carbocycles. The Kier molecular flexibility index (Phi) is 3.53. The summed E-state index contributed by atoms with van der Waals surface area (Å²) in [7, 11) is -3.61. The Labute approximate surface area is 125 Å². The average molecular weight is 308 g/mol. The maximum Gasteiger partial charge on any atom is 0.243 e. The Hall–Kier alpha value is -1.40. The molecule has 2 atom stereocenters. The van der Waals surface area contributed by atoms with Crippen molar-refractivity contribution in [3.8, 4) is 0 Å². The van der Waals surface area contributed by atoms with Gasteiger partial charge >= 0.3 is 0 Å².